The first-order chi connectivity index (χ1) is 20.2. The summed E-state index contributed by atoms with van der Waals surface area (Å²) in [6, 6.07) is 12.3. The van der Waals surface area contributed by atoms with Crippen LogP contribution in [0.1, 0.15) is 20.7 Å². The number of halogens is 2. The van der Waals surface area contributed by atoms with E-state index in [9.17, 15) is 28.0 Å². The Hall–Kier alpha value is -5.52. The maximum Gasteiger partial charge on any atom is 0.343 e. The molecule has 0 aromatic heterocycles. The highest BCUT2D eigenvalue weighted by atomic mass is 19.1. The Bertz CT molecular complexity index is 1340. The molecule has 0 spiro atoms. The molecule has 0 saturated carbocycles. The topological polar surface area (TPSA) is 124 Å². The minimum Gasteiger partial charge on any atom is -0.490 e. The zero-order valence-corrected chi connectivity index (χ0v) is 22.0. The van der Waals surface area contributed by atoms with Crippen LogP contribution in [0.4, 0.5) is 8.78 Å². The molecule has 0 unspecified atom stereocenters. The Kier molecular flexibility index (Phi) is 11.3. The molecule has 0 N–H and O–H groups in total. The molecule has 0 heterocycles. The van der Waals surface area contributed by atoms with Gasteiger partial charge in [0.2, 0.25) is 0 Å². The van der Waals surface area contributed by atoms with E-state index < -0.39 is 47.0 Å². The van der Waals surface area contributed by atoms with E-state index >= 15 is 0 Å². The molecule has 3 aromatic carbocycles. The highest BCUT2D eigenvalue weighted by Gasteiger charge is 2.19. The molecule has 0 atom stereocenters. The van der Waals surface area contributed by atoms with Crippen LogP contribution in [-0.2, 0) is 19.1 Å². The Balaban J connectivity index is 1.53. The summed E-state index contributed by atoms with van der Waals surface area (Å²) in [6.45, 7) is 6.63. The monoisotopic (exact) mass is 582 g/mol. The van der Waals surface area contributed by atoms with Gasteiger partial charge < -0.3 is 28.4 Å². The Labute approximate surface area is 238 Å². The third-order valence-electron chi connectivity index (χ3n) is 5.10. The summed E-state index contributed by atoms with van der Waals surface area (Å²) in [6.07, 6.45) is 2.04. The molecule has 0 aliphatic carbocycles. The Morgan fingerprint density at radius 3 is 1.29 bits per heavy atom. The van der Waals surface area contributed by atoms with Gasteiger partial charge in [-0.25, -0.2) is 28.0 Å². The number of ether oxygens (including phenoxy) is 6. The zero-order valence-electron chi connectivity index (χ0n) is 22.0. The Morgan fingerprint density at radius 1 is 0.595 bits per heavy atom. The van der Waals surface area contributed by atoms with Gasteiger partial charge in [-0.2, -0.15) is 0 Å². The van der Waals surface area contributed by atoms with Crippen LogP contribution in [0.2, 0.25) is 0 Å². The van der Waals surface area contributed by atoms with Crippen LogP contribution >= 0.6 is 0 Å². The first-order valence-corrected chi connectivity index (χ1v) is 12.2. The summed E-state index contributed by atoms with van der Waals surface area (Å²) in [5.74, 6) is -6.17. The first kappa shape index (κ1) is 31.0. The van der Waals surface area contributed by atoms with E-state index in [-0.39, 0.29) is 37.6 Å². The van der Waals surface area contributed by atoms with Crippen LogP contribution in [0.5, 0.6) is 23.0 Å². The third kappa shape index (κ3) is 9.30. The van der Waals surface area contributed by atoms with Crippen LogP contribution in [0.3, 0.4) is 0 Å². The highest BCUT2D eigenvalue weighted by molar-refractivity contribution is 5.92. The van der Waals surface area contributed by atoms with Gasteiger partial charge in [0, 0.05) is 24.3 Å². The summed E-state index contributed by atoms with van der Waals surface area (Å²) >= 11 is 0. The summed E-state index contributed by atoms with van der Waals surface area (Å²) in [4.78, 5) is 46.8. The van der Waals surface area contributed by atoms with Crippen molar-refractivity contribution in [1.82, 2.24) is 0 Å². The second-order valence-electron chi connectivity index (χ2n) is 7.98. The van der Waals surface area contributed by atoms with E-state index in [0.29, 0.717) is 23.6 Å². The number of carbonyl (C=O) groups excluding carboxylic acids is 4. The van der Waals surface area contributed by atoms with E-state index in [4.69, 9.17) is 28.4 Å². The van der Waals surface area contributed by atoms with Gasteiger partial charge in [0.05, 0.1) is 11.1 Å². The fraction of sp³-hybridized carbons (Fsp3) is 0.133. The molecule has 0 bridgehead atoms. The maximum atomic E-state index is 14.6. The molecule has 42 heavy (non-hydrogen) atoms. The zero-order chi connectivity index (χ0) is 30.5. The smallest absolute Gasteiger partial charge is 0.343 e. The molecule has 3 aromatic rings. The molecule has 0 fully saturated rings. The third-order valence-corrected chi connectivity index (χ3v) is 5.10. The fourth-order valence-electron chi connectivity index (χ4n) is 3.08. The fourth-order valence-corrected chi connectivity index (χ4v) is 3.08. The van der Waals surface area contributed by atoms with Crippen LogP contribution in [0.15, 0.2) is 86.0 Å². The van der Waals surface area contributed by atoms with E-state index in [2.05, 4.69) is 13.2 Å². The van der Waals surface area contributed by atoms with Crippen molar-refractivity contribution in [1.29, 1.82) is 0 Å². The molecule has 0 saturated heterocycles. The van der Waals surface area contributed by atoms with Gasteiger partial charge in [-0.05, 0) is 48.5 Å². The minimum atomic E-state index is -1.15. The number of carbonyl (C=O) groups is 4. The molecule has 0 amide bonds. The average molecular weight is 583 g/mol. The van der Waals surface area contributed by atoms with Crippen molar-refractivity contribution in [3.63, 3.8) is 0 Å². The van der Waals surface area contributed by atoms with Crippen molar-refractivity contribution >= 4 is 23.9 Å². The summed E-state index contributed by atoms with van der Waals surface area (Å²) in [5.41, 5.74) is 0.0295. The minimum absolute atomic E-state index is 0.00990. The average Bonchev–Trinajstić information content (AvgIpc) is 3.00. The highest BCUT2D eigenvalue weighted by Crippen LogP contribution is 2.28. The van der Waals surface area contributed by atoms with Gasteiger partial charge >= 0.3 is 23.9 Å². The molecule has 0 radical (unpaired) electrons. The quantitative estimate of drug-likeness (QED) is 0.115. The van der Waals surface area contributed by atoms with Crippen LogP contribution in [-0.4, -0.2) is 50.3 Å². The molecule has 0 aliphatic rings. The van der Waals surface area contributed by atoms with Crippen LogP contribution < -0.4 is 18.9 Å². The SMILES string of the molecule is C=CC(=O)OCCOc1ccc(C(=O)Oc2cc(F)c(OC(=O)c3ccc(OCCOC(=O)C=C)cc3)cc2F)cc1. The number of esters is 4. The lowest BCUT2D eigenvalue weighted by atomic mass is 10.2. The van der Waals surface area contributed by atoms with Gasteiger partial charge in [0.1, 0.15) is 37.9 Å². The van der Waals surface area contributed by atoms with Crippen molar-refractivity contribution in [2.45, 2.75) is 0 Å². The van der Waals surface area contributed by atoms with E-state index in [1.54, 1.807) is 0 Å². The molecular formula is C30H24F2O10. The number of rotatable bonds is 14. The van der Waals surface area contributed by atoms with Gasteiger partial charge in [0.15, 0.2) is 23.1 Å². The summed E-state index contributed by atoms with van der Waals surface area (Å²) in [5, 5.41) is 0. The number of hydrogen-bond donors (Lipinski definition) is 0. The van der Waals surface area contributed by atoms with Crippen molar-refractivity contribution in [3.05, 3.63) is 109 Å². The molecule has 3 rings (SSSR count). The van der Waals surface area contributed by atoms with Crippen LogP contribution in [0, 0.1) is 11.6 Å². The first-order valence-electron chi connectivity index (χ1n) is 12.2. The molecule has 0 aliphatic heterocycles. The molecule has 12 heteroatoms. The van der Waals surface area contributed by atoms with Crippen molar-refractivity contribution in [2.75, 3.05) is 26.4 Å². The summed E-state index contributed by atoms with van der Waals surface area (Å²) in [7, 11) is 0. The molecule has 218 valence electrons. The second-order valence-corrected chi connectivity index (χ2v) is 7.98. The number of hydrogen-bond acceptors (Lipinski definition) is 10. The van der Waals surface area contributed by atoms with Crippen molar-refractivity contribution < 1.29 is 56.4 Å². The second kappa shape index (κ2) is 15.3. The van der Waals surface area contributed by atoms with Gasteiger partial charge in [-0.1, -0.05) is 13.2 Å². The standard InChI is InChI=1S/C30H24F2O10/c1-3-27(33)39-15-13-37-21-9-5-19(6-10-21)29(35)41-25-17-24(32)26(18-23(25)31)42-30(36)20-7-11-22(12-8-20)38-14-16-40-28(34)4-2/h3-12,17-18H,1-2,13-16H2. The normalized spacial score (nSPS) is 10.1. The molecule has 10 nitrogen and oxygen atoms in total. The Morgan fingerprint density at radius 2 is 0.952 bits per heavy atom. The molecular weight excluding hydrogens is 558 g/mol. The van der Waals surface area contributed by atoms with Crippen LogP contribution in [0.25, 0.3) is 0 Å². The predicted molar refractivity (Wildman–Crippen MR) is 142 cm³/mol. The summed E-state index contributed by atoms with van der Waals surface area (Å²) < 4.78 is 59.4. The van der Waals surface area contributed by atoms with E-state index in [1.807, 2.05) is 0 Å². The van der Waals surface area contributed by atoms with Crippen molar-refractivity contribution in [2.24, 2.45) is 0 Å². The lowest BCUT2D eigenvalue weighted by molar-refractivity contribution is -0.139. The predicted octanol–water partition coefficient (Wildman–Crippen LogP) is 4.62. The van der Waals surface area contributed by atoms with Gasteiger partial charge in [0.25, 0.3) is 0 Å². The number of benzene rings is 3. The maximum absolute atomic E-state index is 14.6. The van der Waals surface area contributed by atoms with Gasteiger partial charge in [-0.15, -0.1) is 0 Å². The van der Waals surface area contributed by atoms with E-state index in [0.717, 1.165) is 12.2 Å². The largest absolute Gasteiger partial charge is 0.490 e. The lowest BCUT2D eigenvalue weighted by Crippen LogP contribution is -2.12. The van der Waals surface area contributed by atoms with Crippen molar-refractivity contribution in [3.8, 4) is 23.0 Å². The van der Waals surface area contributed by atoms with Gasteiger partial charge in [-0.3, -0.25) is 0 Å². The lowest BCUT2D eigenvalue weighted by Gasteiger charge is -2.10. The van der Waals surface area contributed by atoms with E-state index in [1.165, 1.54) is 48.5 Å².